The summed E-state index contributed by atoms with van der Waals surface area (Å²) in [6.45, 7) is 7.86. The van der Waals surface area contributed by atoms with E-state index < -0.39 is 0 Å². The molecular formula is C23H25FN4O. The zero-order chi connectivity index (χ0) is 20.4. The Hall–Kier alpha value is -2.99. The van der Waals surface area contributed by atoms with Crippen LogP contribution in [0.3, 0.4) is 0 Å². The van der Waals surface area contributed by atoms with Gasteiger partial charge in [0.1, 0.15) is 11.5 Å². The van der Waals surface area contributed by atoms with Crippen molar-refractivity contribution in [3.8, 4) is 5.69 Å². The van der Waals surface area contributed by atoms with Crippen LogP contribution < -0.4 is 0 Å². The summed E-state index contributed by atoms with van der Waals surface area (Å²) in [6.07, 6.45) is 1.55. The van der Waals surface area contributed by atoms with Crippen LogP contribution in [0.4, 0.5) is 4.39 Å². The van der Waals surface area contributed by atoms with E-state index in [1.165, 1.54) is 21.9 Å². The molecule has 5 nitrogen and oxygen atoms in total. The van der Waals surface area contributed by atoms with Crippen LogP contribution in [0.5, 0.6) is 0 Å². The minimum atomic E-state index is -0.359. The van der Waals surface area contributed by atoms with Crippen LogP contribution in [0.2, 0.25) is 0 Å². The third kappa shape index (κ3) is 3.93. The highest BCUT2D eigenvalue weighted by Gasteiger charge is 2.25. The van der Waals surface area contributed by atoms with E-state index in [1.54, 1.807) is 31.3 Å². The summed E-state index contributed by atoms with van der Waals surface area (Å²) in [4.78, 5) is 17.3. The molecule has 1 aliphatic heterocycles. The molecule has 3 aromatic rings. The molecule has 1 amide bonds. The second-order valence-electron chi connectivity index (χ2n) is 7.50. The second-order valence-corrected chi connectivity index (χ2v) is 7.50. The van der Waals surface area contributed by atoms with Crippen molar-refractivity contribution in [2.45, 2.75) is 20.4 Å². The number of aryl methyl sites for hydroxylation is 1. The molecular weight excluding hydrogens is 367 g/mol. The molecule has 0 unspecified atom stereocenters. The molecule has 6 heteroatoms. The fourth-order valence-corrected chi connectivity index (χ4v) is 3.79. The van der Waals surface area contributed by atoms with Gasteiger partial charge in [-0.05, 0) is 37.1 Å². The van der Waals surface area contributed by atoms with Crippen molar-refractivity contribution in [1.82, 2.24) is 19.6 Å². The Balaban J connectivity index is 1.43. The lowest BCUT2D eigenvalue weighted by atomic mass is 10.1. The quantitative estimate of drug-likeness (QED) is 0.681. The smallest absolute Gasteiger partial charge is 0.257 e. The molecule has 2 heterocycles. The lowest BCUT2D eigenvalue weighted by Crippen LogP contribution is -2.48. The van der Waals surface area contributed by atoms with Crippen molar-refractivity contribution in [2.75, 3.05) is 26.2 Å². The van der Waals surface area contributed by atoms with Crippen LogP contribution in [-0.4, -0.2) is 51.7 Å². The first kappa shape index (κ1) is 19.3. The minimum Gasteiger partial charge on any atom is -0.336 e. The van der Waals surface area contributed by atoms with E-state index >= 15 is 0 Å². The Morgan fingerprint density at radius 2 is 1.69 bits per heavy atom. The highest BCUT2D eigenvalue weighted by Crippen LogP contribution is 2.19. The molecule has 1 aromatic heterocycles. The maximum atomic E-state index is 14.1. The number of amides is 1. The largest absolute Gasteiger partial charge is 0.336 e. The van der Waals surface area contributed by atoms with E-state index in [4.69, 9.17) is 0 Å². The number of hydrogen-bond donors (Lipinski definition) is 0. The fourth-order valence-electron chi connectivity index (χ4n) is 3.79. The Labute approximate surface area is 170 Å². The standard InChI is InChI=1S/C23H25FN4O/c1-17-7-3-4-8-19(17)16-26-11-13-27(14-12-26)23(29)20-15-25-28(18(20)2)22-10-6-5-9-21(22)24/h3-10,15H,11-14,16H2,1-2H3. The van der Waals surface area contributed by atoms with Gasteiger partial charge >= 0.3 is 0 Å². The van der Waals surface area contributed by atoms with Crippen LogP contribution in [0.15, 0.2) is 54.7 Å². The molecule has 0 atom stereocenters. The van der Waals surface area contributed by atoms with Gasteiger partial charge in [-0.3, -0.25) is 9.69 Å². The van der Waals surface area contributed by atoms with Gasteiger partial charge in [-0.2, -0.15) is 5.10 Å². The number of para-hydroxylation sites is 1. The van der Waals surface area contributed by atoms with E-state index in [0.29, 0.717) is 30.0 Å². The molecule has 4 rings (SSSR count). The van der Waals surface area contributed by atoms with Crippen molar-refractivity contribution in [3.63, 3.8) is 0 Å². The summed E-state index contributed by atoms with van der Waals surface area (Å²) in [6, 6.07) is 14.9. The van der Waals surface area contributed by atoms with Gasteiger partial charge in [-0.15, -0.1) is 0 Å². The number of nitrogens with zero attached hydrogens (tertiary/aromatic N) is 4. The third-order valence-corrected chi connectivity index (χ3v) is 5.64. The van der Waals surface area contributed by atoms with Crippen LogP contribution in [0.25, 0.3) is 5.69 Å². The number of carbonyl (C=O) groups is 1. The summed E-state index contributed by atoms with van der Waals surface area (Å²) < 4.78 is 15.6. The summed E-state index contributed by atoms with van der Waals surface area (Å²) in [5.41, 5.74) is 4.16. The summed E-state index contributed by atoms with van der Waals surface area (Å²) >= 11 is 0. The molecule has 150 valence electrons. The average Bonchev–Trinajstić information content (AvgIpc) is 3.11. The van der Waals surface area contributed by atoms with Crippen molar-refractivity contribution in [3.05, 3.63) is 82.9 Å². The number of hydrogen-bond acceptors (Lipinski definition) is 3. The number of benzene rings is 2. The third-order valence-electron chi connectivity index (χ3n) is 5.64. The first-order valence-electron chi connectivity index (χ1n) is 9.90. The highest BCUT2D eigenvalue weighted by molar-refractivity contribution is 5.95. The Bertz CT molecular complexity index is 1020. The molecule has 0 saturated carbocycles. The molecule has 29 heavy (non-hydrogen) atoms. The summed E-state index contributed by atoms with van der Waals surface area (Å²) in [7, 11) is 0. The first-order valence-corrected chi connectivity index (χ1v) is 9.90. The minimum absolute atomic E-state index is 0.0411. The van der Waals surface area contributed by atoms with Gasteiger partial charge in [-0.1, -0.05) is 36.4 Å². The van der Waals surface area contributed by atoms with Gasteiger partial charge in [0.25, 0.3) is 5.91 Å². The van der Waals surface area contributed by atoms with Crippen molar-refractivity contribution in [2.24, 2.45) is 0 Å². The monoisotopic (exact) mass is 392 g/mol. The lowest BCUT2D eigenvalue weighted by molar-refractivity contribution is 0.0627. The SMILES string of the molecule is Cc1ccccc1CN1CCN(C(=O)c2cnn(-c3ccccc3F)c2C)CC1. The first-order chi connectivity index (χ1) is 14.0. The van der Waals surface area contributed by atoms with Crippen LogP contribution in [0.1, 0.15) is 27.2 Å². The molecule has 1 saturated heterocycles. The van der Waals surface area contributed by atoms with Gasteiger partial charge in [0, 0.05) is 32.7 Å². The zero-order valence-corrected chi connectivity index (χ0v) is 16.8. The summed E-state index contributed by atoms with van der Waals surface area (Å²) in [5.74, 6) is -0.400. The average molecular weight is 392 g/mol. The van der Waals surface area contributed by atoms with Gasteiger partial charge in [0.15, 0.2) is 0 Å². The van der Waals surface area contributed by atoms with E-state index in [-0.39, 0.29) is 11.7 Å². The van der Waals surface area contributed by atoms with Gasteiger partial charge < -0.3 is 4.90 Å². The number of piperazine rings is 1. The summed E-state index contributed by atoms with van der Waals surface area (Å²) in [5, 5.41) is 4.26. The van der Waals surface area contributed by atoms with Gasteiger partial charge in [0.05, 0.1) is 17.5 Å². The zero-order valence-electron chi connectivity index (χ0n) is 16.8. The molecule has 0 aliphatic carbocycles. The van der Waals surface area contributed by atoms with Crippen molar-refractivity contribution >= 4 is 5.91 Å². The maximum Gasteiger partial charge on any atom is 0.257 e. The van der Waals surface area contributed by atoms with Gasteiger partial charge in [0.2, 0.25) is 0 Å². The predicted octanol–water partition coefficient (Wildman–Crippen LogP) is 3.59. The molecule has 2 aromatic carbocycles. The number of carbonyl (C=O) groups excluding carboxylic acids is 1. The maximum absolute atomic E-state index is 14.1. The Kier molecular flexibility index (Phi) is 5.45. The van der Waals surface area contributed by atoms with Gasteiger partial charge in [-0.25, -0.2) is 9.07 Å². The predicted molar refractivity (Wildman–Crippen MR) is 111 cm³/mol. The van der Waals surface area contributed by atoms with E-state index in [9.17, 15) is 9.18 Å². The van der Waals surface area contributed by atoms with E-state index in [2.05, 4.69) is 41.2 Å². The van der Waals surface area contributed by atoms with E-state index in [1.807, 2.05) is 4.90 Å². The topological polar surface area (TPSA) is 41.4 Å². The molecule has 1 aliphatic rings. The number of aromatic nitrogens is 2. The van der Waals surface area contributed by atoms with Crippen LogP contribution in [0, 0.1) is 19.7 Å². The van der Waals surface area contributed by atoms with E-state index in [0.717, 1.165) is 19.6 Å². The molecule has 0 spiro atoms. The van der Waals surface area contributed by atoms with Crippen LogP contribution in [-0.2, 0) is 6.54 Å². The molecule has 0 N–H and O–H groups in total. The van der Waals surface area contributed by atoms with Crippen LogP contribution >= 0.6 is 0 Å². The Morgan fingerprint density at radius 1 is 1.00 bits per heavy atom. The number of rotatable bonds is 4. The molecule has 0 radical (unpaired) electrons. The highest BCUT2D eigenvalue weighted by atomic mass is 19.1. The lowest BCUT2D eigenvalue weighted by Gasteiger charge is -2.35. The van der Waals surface area contributed by atoms with Crippen molar-refractivity contribution in [1.29, 1.82) is 0 Å². The van der Waals surface area contributed by atoms with Crippen molar-refractivity contribution < 1.29 is 9.18 Å². The molecule has 0 bridgehead atoms. The second kappa shape index (κ2) is 8.17. The molecule has 1 fully saturated rings. The number of halogens is 1. The Morgan fingerprint density at radius 3 is 2.41 bits per heavy atom. The normalized spacial score (nSPS) is 14.9. The fraction of sp³-hybridized carbons (Fsp3) is 0.304.